The second kappa shape index (κ2) is 14.4. The number of rotatable bonds is 11. The standard InChI is InChI=1S/C34H28N2O10/c1-3-29(37)45-23-11-7-21(8-12-23)35-31(39)25-15-5-19(20-6-16-26(33(41)42)28(18-20)34(43)44)17-27(25)32(40)36-22-9-13-24(14-10-22)46-30(38)4-2/h5-18H,3-4H2,1-2H3,(H,35,39)(H,36,40)(H,41,42)(H,43,44). The van der Waals surface area contributed by atoms with Gasteiger partial charge in [-0.2, -0.15) is 0 Å². The maximum atomic E-state index is 11.8. The number of carbonyl (C=O) groups is 4. The number of hydrogen-bond acceptors (Lipinski definition) is 8. The van der Waals surface area contributed by atoms with Crippen molar-refractivity contribution < 1.29 is 49.1 Å². The number of esters is 2. The Kier molecular flexibility index (Phi) is 10.2. The molecule has 46 heavy (non-hydrogen) atoms. The van der Waals surface area contributed by atoms with Crippen molar-refractivity contribution in [2.45, 2.75) is 26.7 Å². The van der Waals surface area contributed by atoms with E-state index >= 15 is 0 Å². The van der Waals surface area contributed by atoms with Crippen LogP contribution in [-0.2, 0) is 9.59 Å². The predicted octanol–water partition coefficient (Wildman–Crippen LogP) is 6.65. The van der Waals surface area contributed by atoms with Crippen molar-refractivity contribution in [2.24, 2.45) is 9.98 Å². The Bertz CT molecular complexity index is 1860. The molecule has 0 heterocycles. The van der Waals surface area contributed by atoms with Crippen LogP contribution in [0.25, 0.3) is 11.1 Å². The van der Waals surface area contributed by atoms with Gasteiger partial charge in [-0.25, -0.2) is 19.6 Å². The third-order valence-electron chi connectivity index (χ3n) is 6.50. The Morgan fingerprint density at radius 3 is 1.33 bits per heavy atom. The maximum absolute atomic E-state index is 11.8. The van der Waals surface area contributed by atoms with Crippen molar-refractivity contribution in [3.8, 4) is 22.6 Å². The summed E-state index contributed by atoms with van der Waals surface area (Å²) in [5, 5.41) is 41.2. The number of ether oxygens (including phenoxy) is 2. The Balaban J connectivity index is 1.78. The molecular weight excluding hydrogens is 596 g/mol. The highest BCUT2D eigenvalue weighted by Crippen LogP contribution is 2.28. The van der Waals surface area contributed by atoms with Crippen LogP contribution in [0.1, 0.15) is 58.5 Å². The van der Waals surface area contributed by atoms with Crippen molar-refractivity contribution in [3.63, 3.8) is 0 Å². The van der Waals surface area contributed by atoms with Crippen LogP contribution >= 0.6 is 0 Å². The first-order chi connectivity index (χ1) is 22.0. The minimum atomic E-state index is -1.44. The zero-order valence-corrected chi connectivity index (χ0v) is 24.6. The summed E-state index contributed by atoms with van der Waals surface area (Å²) in [5.41, 5.74) is 0.496. The molecule has 12 nitrogen and oxygen atoms in total. The van der Waals surface area contributed by atoms with Gasteiger partial charge in [0.25, 0.3) is 0 Å². The number of hydrogen-bond donors (Lipinski definition) is 4. The fourth-order valence-electron chi connectivity index (χ4n) is 4.14. The van der Waals surface area contributed by atoms with E-state index in [4.69, 9.17) is 9.47 Å². The first kappa shape index (κ1) is 32.6. The van der Waals surface area contributed by atoms with E-state index in [0.29, 0.717) is 22.6 Å². The summed E-state index contributed by atoms with van der Waals surface area (Å²) in [6.07, 6.45) is 0.386. The first-order valence-corrected chi connectivity index (χ1v) is 13.9. The van der Waals surface area contributed by atoms with Gasteiger partial charge in [0.15, 0.2) is 0 Å². The molecule has 0 saturated carbocycles. The molecule has 0 aromatic heterocycles. The highest BCUT2D eigenvalue weighted by atomic mass is 16.5. The number of aliphatic imine (C=N–C) groups is 2. The highest BCUT2D eigenvalue weighted by molar-refractivity contribution is 6.08. The van der Waals surface area contributed by atoms with E-state index in [2.05, 4.69) is 9.98 Å². The van der Waals surface area contributed by atoms with E-state index in [1.54, 1.807) is 13.8 Å². The Hall–Kier alpha value is -6.30. The molecule has 4 aromatic rings. The largest absolute Gasteiger partial charge is 0.493 e. The van der Waals surface area contributed by atoms with Gasteiger partial charge in [-0.15, -0.1) is 0 Å². The van der Waals surface area contributed by atoms with Gasteiger partial charge in [-0.05, 0) is 83.9 Å². The number of nitrogens with zero attached hydrogens (tertiary/aromatic N) is 2. The van der Waals surface area contributed by atoms with Gasteiger partial charge in [0.2, 0.25) is 11.8 Å². The number of carboxylic acids is 2. The summed E-state index contributed by atoms with van der Waals surface area (Å²) in [4.78, 5) is 54.9. The summed E-state index contributed by atoms with van der Waals surface area (Å²) in [6, 6.07) is 20.2. The van der Waals surface area contributed by atoms with Crippen molar-refractivity contribution >= 4 is 47.0 Å². The molecule has 0 bridgehead atoms. The lowest BCUT2D eigenvalue weighted by atomic mass is 9.95. The topological polar surface area (TPSA) is 192 Å². The average molecular weight is 625 g/mol. The van der Waals surface area contributed by atoms with Crippen LogP contribution < -0.4 is 9.47 Å². The summed E-state index contributed by atoms with van der Waals surface area (Å²) in [7, 11) is 0. The second-order valence-electron chi connectivity index (χ2n) is 9.64. The third-order valence-corrected chi connectivity index (χ3v) is 6.50. The highest BCUT2D eigenvalue weighted by Gasteiger charge is 2.19. The molecule has 0 spiro atoms. The molecule has 0 fully saturated rings. The first-order valence-electron chi connectivity index (χ1n) is 13.9. The lowest BCUT2D eigenvalue weighted by Crippen LogP contribution is -2.10. The fourth-order valence-corrected chi connectivity index (χ4v) is 4.14. The quantitative estimate of drug-likeness (QED) is 0.0607. The van der Waals surface area contributed by atoms with Crippen LogP contribution in [0.3, 0.4) is 0 Å². The number of aromatic carboxylic acids is 2. The minimum absolute atomic E-state index is 0.00733. The summed E-state index contributed by atoms with van der Waals surface area (Å²) < 4.78 is 10.3. The number of carbonyl (C=O) groups excluding carboxylic acids is 2. The second-order valence-corrected chi connectivity index (χ2v) is 9.64. The molecule has 0 aliphatic heterocycles. The molecule has 234 valence electrons. The molecule has 4 aromatic carbocycles. The Morgan fingerprint density at radius 1 is 0.522 bits per heavy atom. The molecule has 0 aliphatic carbocycles. The molecule has 0 saturated heterocycles. The Morgan fingerprint density at radius 2 is 0.913 bits per heavy atom. The molecule has 12 heteroatoms. The van der Waals surface area contributed by atoms with Gasteiger partial charge in [0, 0.05) is 24.0 Å². The smallest absolute Gasteiger partial charge is 0.336 e. The molecule has 0 amide bonds. The van der Waals surface area contributed by atoms with Crippen LogP contribution in [0.2, 0.25) is 0 Å². The molecule has 0 unspecified atom stereocenters. The predicted molar refractivity (Wildman–Crippen MR) is 168 cm³/mol. The van der Waals surface area contributed by atoms with Crippen LogP contribution in [0.5, 0.6) is 11.5 Å². The zero-order valence-electron chi connectivity index (χ0n) is 24.6. The van der Waals surface area contributed by atoms with E-state index in [1.165, 1.54) is 78.9 Å². The minimum Gasteiger partial charge on any atom is -0.493 e. The molecule has 4 N–H and O–H groups in total. The van der Waals surface area contributed by atoms with Crippen molar-refractivity contribution in [1.82, 2.24) is 0 Å². The van der Waals surface area contributed by atoms with E-state index in [9.17, 15) is 39.6 Å². The summed E-state index contributed by atoms with van der Waals surface area (Å²) in [5.74, 6) is -4.14. The van der Waals surface area contributed by atoms with Gasteiger partial charge in [0.1, 0.15) is 11.5 Å². The zero-order chi connectivity index (χ0) is 33.4. The van der Waals surface area contributed by atoms with E-state index < -0.39 is 46.8 Å². The SMILES string of the molecule is CCC(=O)Oc1ccc(N=C(O)c2ccc(-c3ccc(C(=O)O)c(C(=O)O)c3)cc2C(O)=Nc2ccc(OC(=O)CC)cc2)cc1. The van der Waals surface area contributed by atoms with Crippen LogP contribution in [0, 0.1) is 0 Å². The van der Waals surface area contributed by atoms with Gasteiger partial charge in [-0.3, -0.25) is 9.59 Å². The van der Waals surface area contributed by atoms with Crippen LogP contribution in [-0.4, -0.2) is 56.1 Å². The van der Waals surface area contributed by atoms with Crippen LogP contribution in [0.15, 0.2) is 94.9 Å². The van der Waals surface area contributed by atoms with E-state index in [0.717, 1.165) is 6.07 Å². The number of carboxylic acid groups (broad SMARTS) is 2. The molecule has 0 aliphatic rings. The van der Waals surface area contributed by atoms with Gasteiger partial charge in [-0.1, -0.05) is 26.0 Å². The Labute approximate surface area is 262 Å². The third kappa shape index (κ3) is 7.99. The number of benzene rings is 4. The number of aliphatic hydroxyl groups is 2. The molecule has 0 radical (unpaired) electrons. The van der Waals surface area contributed by atoms with Gasteiger partial charge < -0.3 is 29.9 Å². The number of aliphatic hydroxyl groups excluding tert-OH is 2. The van der Waals surface area contributed by atoms with Crippen LogP contribution in [0.4, 0.5) is 11.4 Å². The molecule has 0 atom stereocenters. The monoisotopic (exact) mass is 624 g/mol. The molecule has 4 rings (SSSR count). The van der Waals surface area contributed by atoms with E-state index in [1.807, 2.05) is 0 Å². The van der Waals surface area contributed by atoms with Gasteiger partial charge >= 0.3 is 23.9 Å². The normalized spacial score (nSPS) is 11.5. The lowest BCUT2D eigenvalue weighted by Gasteiger charge is -2.12. The van der Waals surface area contributed by atoms with Crippen molar-refractivity contribution in [1.29, 1.82) is 0 Å². The summed E-state index contributed by atoms with van der Waals surface area (Å²) in [6.45, 7) is 3.32. The van der Waals surface area contributed by atoms with Crippen molar-refractivity contribution in [3.05, 3.63) is 107 Å². The maximum Gasteiger partial charge on any atom is 0.336 e. The molecular formula is C34H28N2O10. The van der Waals surface area contributed by atoms with Crippen molar-refractivity contribution in [2.75, 3.05) is 0 Å². The lowest BCUT2D eigenvalue weighted by molar-refractivity contribution is -0.134. The van der Waals surface area contributed by atoms with E-state index in [-0.39, 0.29) is 35.4 Å². The summed E-state index contributed by atoms with van der Waals surface area (Å²) >= 11 is 0. The fraction of sp³-hybridized carbons (Fsp3) is 0.118. The van der Waals surface area contributed by atoms with Gasteiger partial charge in [0.05, 0.1) is 22.5 Å². The average Bonchev–Trinajstić information content (AvgIpc) is 3.05.